The van der Waals surface area contributed by atoms with Gasteiger partial charge in [0.05, 0.1) is 17.0 Å². The molecule has 1 fully saturated rings. The van der Waals surface area contributed by atoms with E-state index >= 15 is 0 Å². The van der Waals surface area contributed by atoms with Crippen molar-refractivity contribution in [3.8, 4) is 5.75 Å². The highest BCUT2D eigenvalue weighted by atomic mass is 16.3. The lowest BCUT2D eigenvalue weighted by Crippen LogP contribution is -2.24. The number of aromatic nitrogens is 1. The normalized spacial score (nSPS) is 14.9. The van der Waals surface area contributed by atoms with Crippen LogP contribution < -0.4 is 10.9 Å². The van der Waals surface area contributed by atoms with Gasteiger partial charge in [-0.25, -0.2) is 0 Å². The number of pyridine rings is 1. The summed E-state index contributed by atoms with van der Waals surface area (Å²) in [6.45, 7) is 0. The molecule has 3 rings (SSSR count). The van der Waals surface area contributed by atoms with Crippen LogP contribution in [0, 0.1) is 5.41 Å². The minimum atomic E-state index is -0.295. The molecular weight excluding hydrogens is 278 g/mol. The number of rotatable bonds is 4. The fraction of sp³-hybridized carbons (Fsp3) is 0.294. The monoisotopic (exact) mass is 297 g/mol. The summed E-state index contributed by atoms with van der Waals surface area (Å²) in [6, 6.07) is 8.58. The van der Waals surface area contributed by atoms with E-state index in [4.69, 9.17) is 5.41 Å². The maximum atomic E-state index is 12.2. The van der Waals surface area contributed by atoms with Gasteiger partial charge in [-0.3, -0.25) is 10.2 Å². The lowest BCUT2D eigenvalue weighted by Gasteiger charge is -2.17. The van der Waals surface area contributed by atoms with Crippen molar-refractivity contribution in [3.05, 3.63) is 58.0 Å². The SMILES string of the molecule is N=C(c1cccc(O)c1)c1c(NC2CCCC2)cc[nH]c1=O. The summed E-state index contributed by atoms with van der Waals surface area (Å²) in [5.41, 5.74) is 1.34. The first-order chi connectivity index (χ1) is 10.6. The summed E-state index contributed by atoms with van der Waals surface area (Å²) in [5, 5.41) is 21.3. The maximum Gasteiger partial charge on any atom is 0.259 e. The number of aromatic hydroxyl groups is 1. The number of aromatic amines is 1. The van der Waals surface area contributed by atoms with Crippen molar-refractivity contribution in [2.75, 3.05) is 5.32 Å². The van der Waals surface area contributed by atoms with E-state index in [-0.39, 0.29) is 17.0 Å². The molecule has 1 aromatic carbocycles. The molecule has 1 aliphatic carbocycles. The number of anilines is 1. The number of H-pyrrole nitrogens is 1. The maximum absolute atomic E-state index is 12.2. The van der Waals surface area contributed by atoms with Crippen molar-refractivity contribution >= 4 is 11.4 Å². The largest absolute Gasteiger partial charge is 0.508 e. The van der Waals surface area contributed by atoms with Crippen molar-refractivity contribution in [2.45, 2.75) is 31.7 Å². The molecule has 0 bridgehead atoms. The third kappa shape index (κ3) is 2.88. The molecule has 114 valence electrons. The summed E-state index contributed by atoms with van der Waals surface area (Å²) in [6.07, 6.45) is 6.16. The molecule has 2 aromatic rings. The predicted molar refractivity (Wildman–Crippen MR) is 87.0 cm³/mol. The van der Waals surface area contributed by atoms with Crippen LogP contribution in [0.1, 0.15) is 36.8 Å². The molecular formula is C17H19N3O2. The summed E-state index contributed by atoms with van der Waals surface area (Å²) in [7, 11) is 0. The third-order valence-corrected chi connectivity index (χ3v) is 4.06. The second-order valence-electron chi connectivity index (χ2n) is 5.65. The molecule has 1 saturated carbocycles. The first-order valence-electron chi connectivity index (χ1n) is 7.51. The smallest absolute Gasteiger partial charge is 0.259 e. The van der Waals surface area contributed by atoms with Crippen LogP contribution in [0.2, 0.25) is 0 Å². The Morgan fingerprint density at radius 3 is 2.77 bits per heavy atom. The van der Waals surface area contributed by atoms with Crippen LogP contribution in [0.5, 0.6) is 5.75 Å². The molecule has 5 nitrogen and oxygen atoms in total. The minimum absolute atomic E-state index is 0.0833. The summed E-state index contributed by atoms with van der Waals surface area (Å²) in [4.78, 5) is 14.8. The molecule has 0 saturated heterocycles. The third-order valence-electron chi connectivity index (χ3n) is 4.06. The molecule has 22 heavy (non-hydrogen) atoms. The van der Waals surface area contributed by atoms with E-state index in [0.29, 0.717) is 22.9 Å². The Labute approximate surface area is 128 Å². The zero-order chi connectivity index (χ0) is 15.5. The van der Waals surface area contributed by atoms with Gasteiger partial charge >= 0.3 is 0 Å². The zero-order valence-electron chi connectivity index (χ0n) is 12.2. The summed E-state index contributed by atoms with van der Waals surface area (Å²) in [5.74, 6) is 0.0833. The number of benzene rings is 1. The number of phenols is 1. The molecule has 0 spiro atoms. The quantitative estimate of drug-likeness (QED) is 0.654. The van der Waals surface area contributed by atoms with Crippen molar-refractivity contribution < 1.29 is 5.11 Å². The van der Waals surface area contributed by atoms with Crippen molar-refractivity contribution in [1.82, 2.24) is 4.98 Å². The van der Waals surface area contributed by atoms with Gasteiger partial charge in [-0.2, -0.15) is 0 Å². The standard InChI is InChI=1S/C17H19N3O2/c18-16(11-4-3-7-13(21)10-11)15-14(8-9-19-17(15)22)20-12-5-1-2-6-12/h3-4,7-10,12,18,21H,1-2,5-6H2,(H2,19,20,22). The molecule has 5 heteroatoms. The fourth-order valence-corrected chi connectivity index (χ4v) is 2.94. The van der Waals surface area contributed by atoms with E-state index < -0.39 is 0 Å². The minimum Gasteiger partial charge on any atom is -0.508 e. The van der Waals surface area contributed by atoms with Gasteiger partial charge in [0, 0.05) is 17.8 Å². The van der Waals surface area contributed by atoms with Gasteiger partial charge in [0.2, 0.25) is 0 Å². The number of phenolic OH excluding ortho intramolecular Hbond substituents is 1. The van der Waals surface area contributed by atoms with E-state index in [2.05, 4.69) is 10.3 Å². The fourth-order valence-electron chi connectivity index (χ4n) is 2.94. The van der Waals surface area contributed by atoms with E-state index in [1.54, 1.807) is 30.5 Å². The Balaban J connectivity index is 1.98. The van der Waals surface area contributed by atoms with Gasteiger partial charge < -0.3 is 15.4 Å². The van der Waals surface area contributed by atoms with Crippen LogP contribution in [0.15, 0.2) is 41.3 Å². The first-order valence-corrected chi connectivity index (χ1v) is 7.51. The van der Waals surface area contributed by atoms with Gasteiger partial charge in [-0.05, 0) is 31.0 Å². The molecule has 0 radical (unpaired) electrons. The topological polar surface area (TPSA) is 89.0 Å². The van der Waals surface area contributed by atoms with E-state index in [1.165, 1.54) is 18.9 Å². The van der Waals surface area contributed by atoms with E-state index in [1.807, 2.05) is 0 Å². The molecule has 1 heterocycles. The van der Waals surface area contributed by atoms with Crippen LogP contribution in [-0.4, -0.2) is 21.8 Å². The lowest BCUT2D eigenvalue weighted by molar-refractivity contribution is 0.475. The summed E-state index contributed by atoms with van der Waals surface area (Å²) < 4.78 is 0. The molecule has 0 aliphatic heterocycles. The van der Waals surface area contributed by atoms with Crippen LogP contribution in [-0.2, 0) is 0 Å². The molecule has 0 unspecified atom stereocenters. The van der Waals surface area contributed by atoms with Crippen molar-refractivity contribution in [2.24, 2.45) is 0 Å². The highest BCUT2D eigenvalue weighted by Crippen LogP contribution is 2.24. The van der Waals surface area contributed by atoms with Crippen LogP contribution >= 0.6 is 0 Å². The van der Waals surface area contributed by atoms with Crippen LogP contribution in [0.25, 0.3) is 0 Å². The Bertz CT molecular complexity index is 746. The van der Waals surface area contributed by atoms with Gasteiger partial charge in [0.15, 0.2) is 0 Å². The Morgan fingerprint density at radius 1 is 1.27 bits per heavy atom. The average Bonchev–Trinajstić information content (AvgIpc) is 3.00. The Kier molecular flexibility index (Phi) is 3.96. The molecule has 0 atom stereocenters. The second-order valence-corrected chi connectivity index (χ2v) is 5.65. The Hall–Kier alpha value is -2.56. The molecule has 4 N–H and O–H groups in total. The molecule has 1 aliphatic rings. The number of hydrogen-bond acceptors (Lipinski definition) is 4. The average molecular weight is 297 g/mol. The molecule has 0 amide bonds. The van der Waals surface area contributed by atoms with E-state index in [9.17, 15) is 9.90 Å². The zero-order valence-corrected chi connectivity index (χ0v) is 12.2. The summed E-state index contributed by atoms with van der Waals surface area (Å²) >= 11 is 0. The van der Waals surface area contributed by atoms with Gasteiger partial charge in [0.1, 0.15) is 5.75 Å². The highest BCUT2D eigenvalue weighted by Gasteiger charge is 2.19. The second kappa shape index (κ2) is 6.05. The first kappa shape index (κ1) is 14.4. The van der Waals surface area contributed by atoms with Crippen molar-refractivity contribution in [1.29, 1.82) is 5.41 Å². The van der Waals surface area contributed by atoms with Crippen LogP contribution in [0.4, 0.5) is 5.69 Å². The number of nitrogens with one attached hydrogen (secondary N) is 3. The predicted octanol–water partition coefficient (Wildman–Crippen LogP) is 2.85. The van der Waals surface area contributed by atoms with E-state index in [0.717, 1.165) is 12.8 Å². The highest BCUT2D eigenvalue weighted by molar-refractivity contribution is 6.13. The lowest BCUT2D eigenvalue weighted by atomic mass is 10.0. The van der Waals surface area contributed by atoms with Gasteiger partial charge in [-0.15, -0.1) is 0 Å². The van der Waals surface area contributed by atoms with Gasteiger partial charge in [-0.1, -0.05) is 25.0 Å². The van der Waals surface area contributed by atoms with Crippen molar-refractivity contribution in [3.63, 3.8) is 0 Å². The van der Waals surface area contributed by atoms with Crippen LogP contribution in [0.3, 0.4) is 0 Å². The Morgan fingerprint density at radius 2 is 2.05 bits per heavy atom. The molecule has 1 aromatic heterocycles. The number of hydrogen-bond donors (Lipinski definition) is 4. The van der Waals surface area contributed by atoms with Gasteiger partial charge in [0.25, 0.3) is 5.56 Å².